The Bertz CT molecular complexity index is 1470. The number of alkyl halides is 1. The summed E-state index contributed by atoms with van der Waals surface area (Å²) >= 11 is 3.73. The van der Waals surface area contributed by atoms with Crippen LogP contribution < -0.4 is 10.6 Å². The zero-order chi connectivity index (χ0) is 29.3. The van der Waals surface area contributed by atoms with Crippen LogP contribution in [0.1, 0.15) is 37.7 Å². The molecule has 0 aliphatic carbocycles. The molecule has 0 saturated carbocycles. The molecular weight excluding hydrogens is 598 g/mol. The van der Waals surface area contributed by atoms with Gasteiger partial charge < -0.3 is 25.4 Å². The fourth-order valence-corrected chi connectivity index (χ4v) is 8.04. The van der Waals surface area contributed by atoms with Crippen LogP contribution in [0.3, 0.4) is 0 Å². The molecule has 3 unspecified atom stereocenters. The molecule has 42 heavy (non-hydrogen) atoms. The molecule has 3 aliphatic heterocycles. The molecule has 3 aliphatic rings. The molecule has 3 aromatic carbocycles. The number of hydrogen-bond acceptors (Lipinski definition) is 5. The Morgan fingerprint density at radius 2 is 1.69 bits per heavy atom. The molecular formula is C33H36BrN3O5. The second-order valence-corrected chi connectivity index (χ2v) is 12.8. The second kappa shape index (κ2) is 12.1. The quantitative estimate of drug-likeness (QED) is 0.214. The van der Waals surface area contributed by atoms with Gasteiger partial charge in [0, 0.05) is 30.2 Å². The number of aliphatic hydroxyl groups is 1. The zero-order valence-corrected chi connectivity index (χ0v) is 25.0. The highest BCUT2D eigenvalue weighted by Gasteiger charge is 2.76. The zero-order valence-electron chi connectivity index (χ0n) is 23.4. The number of unbranched alkanes of at least 4 members (excludes halogenated alkanes) is 3. The van der Waals surface area contributed by atoms with E-state index in [0.29, 0.717) is 38.0 Å². The van der Waals surface area contributed by atoms with E-state index in [9.17, 15) is 14.4 Å². The Labute approximate surface area is 253 Å². The van der Waals surface area contributed by atoms with E-state index in [0.717, 1.165) is 29.2 Å². The standard InChI is InChI=1S/C33H36BrN3O5/c34-25-19-33-27(26(28(25)42-33)30(39)35-20-21-10-4-3-5-11-21)32(41)37(16-8-1-2-9-17-38)29(33)31(40)36-24-15-14-22-12-6-7-13-23(22)18-24/h3-7,10-15,18,25-29,38H,1-2,8-9,16-17,19-20H2,(H,35,39)(H,36,40)/t25?,26-,27-,28-,29?,33?/m0/s1. The SMILES string of the molecule is O=C(Nc1ccc2ccccc2c1)C1N(CCCCCCO)C(=O)[C@@H]2[C@H](C(=O)NCc3ccccc3)[C@H]3OC12CC3Br. The molecule has 3 heterocycles. The smallest absolute Gasteiger partial charge is 0.250 e. The molecule has 0 radical (unpaired) electrons. The molecule has 6 rings (SSSR count). The number of halogens is 1. The summed E-state index contributed by atoms with van der Waals surface area (Å²) in [6, 6.07) is 22.5. The van der Waals surface area contributed by atoms with Crippen LogP contribution in [0.15, 0.2) is 72.8 Å². The number of rotatable bonds is 11. The van der Waals surface area contributed by atoms with E-state index in [-0.39, 0.29) is 29.2 Å². The summed E-state index contributed by atoms with van der Waals surface area (Å²) in [5.74, 6) is -2.17. The van der Waals surface area contributed by atoms with Crippen LogP contribution in [0.5, 0.6) is 0 Å². The van der Waals surface area contributed by atoms with Crippen LogP contribution >= 0.6 is 15.9 Å². The van der Waals surface area contributed by atoms with Crippen molar-refractivity contribution in [3.05, 3.63) is 78.4 Å². The number of carbonyl (C=O) groups excluding carboxylic acids is 3. The molecule has 3 N–H and O–H groups in total. The lowest BCUT2D eigenvalue weighted by Crippen LogP contribution is -2.54. The van der Waals surface area contributed by atoms with Crippen molar-refractivity contribution in [1.82, 2.24) is 10.2 Å². The highest BCUT2D eigenvalue weighted by molar-refractivity contribution is 9.09. The average Bonchev–Trinajstić information content (AvgIpc) is 3.59. The topological polar surface area (TPSA) is 108 Å². The summed E-state index contributed by atoms with van der Waals surface area (Å²) in [4.78, 5) is 43.4. The summed E-state index contributed by atoms with van der Waals surface area (Å²) in [5, 5.41) is 17.3. The fourth-order valence-electron chi connectivity index (χ4n) is 7.10. The van der Waals surface area contributed by atoms with Gasteiger partial charge in [0.1, 0.15) is 11.6 Å². The van der Waals surface area contributed by atoms with Crippen molar-refractivity contribution >= 4 is 50.1 Å². The highest BCUT2D eigenvalue weighted by Crippen LogP contribution is 2.60. The van der Waals surface area contributed by atoms with Crippen molar-refractivity contribution in [2.24, 2.45) is 11.8 Å². The van der Waals surface area contributed by atoms with Gasteiger partial charge in [-0.15, -0.1) is 0 Å². The highest BCUT2D eigenvalue weighted by atomic mass is 79.9. The summed E-state index contributed by atoms with van der Waals surface area (Å²) in [6.07, 6.45) is 3.03. The molecule has 3 aromatic rings. The summed E-state index contributed by atoms with van der Waals surface area (Å²) in [6.45, 7) is 0.869. The first kappa shape index (κ1) is 28.8. The maximum absolute atomic E-state index is 14.2. The predicted octanol–water partition coefficient (Wildman–Crippen LogP) is 4.40. The number of ether oxygens (including phenoxy) is 1. The third kappa shape index (κ3) is 5.23. The number of hydrogen-bond donors (Lipinski definition) is 3. The van der Waals surface area contributed by atoms with Crippen LogP contribution in [-0.2, 0) is 25.7 Å². The molecule has 9 heteroatoms. The lowest BCUT2D eigenvalue weighted by molar-refractivity contribution is -0.140. The lowest BCUT2D eigenvalue weighted by atomic mass is 9.70. The van der Waals surface area contributed by atoms with Crippen LogP contribution in [0, 0.1) is 11.8 Å². The van der Waals surface area contributed by atoms with Gasteiger partial charge in [-0.1, -0.05) is 89.4 Å². The van der Waals surface area contributed by atoms with Crippen molar-refractivity contribution in [3.8, 4) is 0 Å². The monoisotopic (exact) mass is 633 g/mol. The number of amides is 3. The molecule has 3 amide bonds. The van der Waals surface area contributed by atoms with Gasteiger partial charge in [-0.25, -0.2) is 0 Å². The van der Waals surface area contributed by atoms with Gasteiger partial charge in [0.05, 0.1) is 17.9 Å². The van der Waals surface area contributed by atoms with Gasteiger partial charge in [-0.05, 0) is 47.7 Å². The number of benzene rings is 3. The summed E-state index contributed by atoms with van der Waals surface area (Å²) in [7, 11) is 0. The van der Waals surface area contributed by atoms with Crippen molar-refractivity contribution in [3.63, 3.8) is 0 Å². The fraction of sp³-hybridized carbons (Fsp3) is 0.424. The van der Waals surface area contributed by atoms with E-state index in [2.05, 4.69) is 26.6 Å². The minimum Gasteiger partial charge on any atom is -0.396 e. The Balaban J connectivity index is 1.28. The first-order valence-electron chi connectivity index (χ1n) is 14.8. The number of nitrogens with one attached hydrogen (secondary N) is 2. The first-order valence-corrected chi connectivity index (χ1v) is 15.7. The normalized spacial score (nSPS) is 27.8. The number of anilines is 1. The average molecular weight is 635 g/mol. The van der Waals surface area contributed by atoms with E-state index >= 15 is 0 Å². The molecule has 220 valence electrons. The van der Waals surface area contributed by atoms with Gasteiger partial charge in [0.15, 0.2) is 0 Å². The van der Waals surface area contributed by atoms with E-state index in [1.54, 1.807) is 4.90 Å². The molecule has 2 bridgehead atoms. The van der Waals surface area contributed by atoms with Crippen LogP contribution in [0.2, 0.25) is 0 Å². The molecule has 6 atom stereocenters. The van der Waals surface area contributed by atoms with Crippen molar-refractivity contribution < 1.29 is 24.2 Å². The minimum atomic E-state index is -1.10. The van der Waals surface area contributed by atoms with Gasteiger partial charge in [0.25, 0.3) is 0 Å². The number of likely N-dealkylation sites (tertiary alicyclic amines) is 1. The molecule has 3 fully saturated rings. The number of nitrogens with zero attached hydrogens (tertiary/aromatic N) is 1. The first-order chi connectivity index (χ1) is 20.4. The van der Waals surface area contributed by atoms with E-state index in [4.69, 9.17) is 9.84 Å². The predicted molar refractivity (Wildman–Crippen MR) is 164 cm³/mol. The van der Waals surface area contributed by atoms with Crippen molar-refractivity contribution in [2.45, 2.75) is 61.2 Å². The Kier molecular flexibility index (Phi) is 8.34. The van der Waals surface area contributed by atoms with E-state index in [1.165, 1.54) is 0 Å². The summed E-state index contributed by atoms with van der Waals surface area (Å²) in [5.41, 5.74) is 0.514. The van der Waals surface area contributed by atoms with Gasteiger partial charge in [-0.2, -0.15) is 0 Å². The maximum Gasteiger partial charge on any atom is 0.250 e. The largest absolute Gasteiger partial charge is 0.396 e. The van der Waals surface area contributed by atoms with Crippen molar-refractivity contribution in [2.75, 3.05) is 18.5 Å². The van der Waals surface area contributed by atoms with E-state index < -0.39 is 29.6 Å². The molecule has 3 saturated heterocycles. The van der Waals surface area contributed by atoms with Crippen LogP contribution in [0.25, 0.3) is 10.8 Å². The number of fused-ring (bicyclic) bond motifs is 2. The Morgan fingerprint density at radius 3 is 2.48 bits per heavy atom. The Morgan fingerprint density at radius 1 is 0.952 bits per heavy atom. The Hall–Kier alpha value is -3.27. The minimum absolute atomic E-state index is 0.131. The van der Waals surface area contributed by atoms with Crippen LogP contribution in [-0.4, -0.2) is 63.5 Å². The number of aliphatic hydroxyl groups excluding tert-OH is 1. The van der Waals surface area contributed by atoms with Crippen molar-refractivity contribution in [1.29, 1.82) is 0 Å². The molecule has 1 spiro atoms. The third-order valence-electron chi connectivity index (χ3n) is 8.97. The molecule has 8 nitrogen and oxygen atoms in total. The third-order valence-corrected chi connectivity index (χ3v) is 9.82. The van der Waals surface area contributed by atoms with Gasteiger partial charge >= 0.3 is 0 Å². The number of carbonyl (C=O) groups is 3. The second-order valence-electron chi connectivity index (χ2n) is 11.6. The van der Waals surface area contributed by atoms with E-state index in [1.807, 2.05) is 72.8 Å². The molecule has 0 aromatic heterocycles. The lowest BCUT2D eigenvalue weighted by Gasteiger charge is -2.34. The maximum atomic E-state index is 14.2. The van der Waals surface area contributed by atoms with Crippen LogP contribution in [0.4, 0.5) is 5.69 Å². The van der Waals surface area contributed by atoms with Gasteiger partial charge in [0.2, 0.25) is 17.7 Å². The summed E-state index contributed by atoms with van der Waals surface area (Å²) < 4.78 is 6.61. The van der Waals surface area contributed by atoms with Gasteiger partial charge in [-0.3, -0.25) is 14.4 Å².